The molecule has 2 N–H and O–H groups in total. The van der Waals surface area contributed by atoms with Gasteiger partial charge in [0, 0.05) is 30.6 Å². The van der Waals surface area contributed by atoms with Crippen LogP contribution in [0, 0.1) is 13.8 Å². The van der Waals surface area contributed by atoms with Gasteiger partial charge in [0.25, 0.3) is 0 Å². The second kappa shape index (κ2) is 8.10. The minimum Gasteiger partial charge on any atom is -0.391 e. The molecule has 0 spiro atoms. The smallest absolute Gasteiger partial charge is 0.243 e. The number of nitrogens with zero attached hydrogens (tertiary/aromatic N) is 2. The Balaban J connectivity index is 1.62. The van der Waals surface area contributed by atoms with Crippen LogP contribution in [0.3, 0.4) is 0 Å². The van der Waals surface area contributed by atoms with Crippen molar-refractivity contribution in [2.24, 2.45) is 0 Å². The van der Waals surface area contributed by atoms with E-state index in [0.29, 0.717) is 23.0 Å². The number of aliphatic hydroxyl groups excluding tert-OH is 1. The number of hydrogen-bond acceptors (Lipinski definition) is 5. The molecule has 144 valence electrons. The lowest BCUT2D eigenvalue weighted by Gasteiger charge is -2.23. The van der Waals surface area contributed by atoms with Crippen molar-refractivity contribution >= 4 is 23.4 Å². The average molecular weight is 392 g/mol. The zero-order chi connectivity index (χ0) is 19.6. The fraction of sp³-hybridized carbons (Fsp3) is 0.421. The molecular weight excluding hydrogens is 370 g/mol. The van der Waals surface area contributed by atoms with Gasteiger partial charge in [-0.05, 0) is 31.0 Å². The van der Waals surface area contributed by atoms with E-state index >= 15 is 0 Å². The Morgan fingerprint density at radius 2 is 2.15 bits per heavy atom. The molecule has 3 rings (SSSR count). The summed E-state index contributed by atoms with van der Waals surface area (Å²) in [6.45, 7) is 4.12. The molecule has 2 heterocycles. The van der Waals surface area contributed by atoms with E-state index < -0.39 is 12.1 Å². The highest BCUT2D eigenvalue weighted by atomic mass is 35.5. The summed E-state index contributed by atoms with van der Waals surface area (Å²) >= 11 is 6.01. The molecule has 0 radical (unpaired) electrons. The van der Waals surface area contributed by atoms with Crippen LogP contribution in [0.4, 0.5) is 0 Å². The standard InChI is InChI=1S/C19H22ClN3O4/c1-11-5-13(3-4-16(11)20)9-21-19(26)17-7-14(24)10-23(17)18(25)8-15-6-12(2)22-27-15/h3-6,14,17,24H,7-10H2,1-2H3,(H,21,26). The Morgan fingerprint density at radius 3 is 2.81 bits per heavy atom. The van der Waals surface area contributed by atoms with Crippen LogP contribution in [0.25, 0.3) is 0 Å². The summed E-state index contributed by atoms with van der Waals surface area (Å²) in [6, 6.07) is 6.51. The molecular formula is C19H22ClN3O4. The van der Waals surface area contributed by atoms with E-state index in [1.54, 1.807) is 19.1 Å². The minimum atomic E-state index is -0.723. The normalized spacial score (nSPS) is 19.3. The highest BCUT2D eigenvalue weighted by Gasteiger charge is 2.38. The monoisotopic (exact) mass is 391 g/mol. The summed E-state index contributed by atoms with van der Waals surface area (Å²) < 4.78 is 5.07. The molecule has 2 atom stereocenters. The predicted octanol–water partition coefficient (Wildman–Crippen LogP) is 1.77. The summed E-state index contributed by atoms with van der Waals surface area (Å²) in [5, 5.41) is 17.2. The average Bonchev–Trinajstić information content (AvgIpc) is 3.21. The molecule has 2 amide bonds. The summed E-state index contributed by atoms with van der Waals surface area (Å²) in [4.78, 5) is 26.6. The Labute approximate surface area is 162 Å². The van der Waals surface area contributed by atoms with Crippen molar-refractivity contribution in [1.29, 1.82) is 0 Å². The number of aromatic nitrogens is 1. The van der Waals surface area contributed by atoms with E-state index in [0.717, 1.165) is 11.1 Å². The molecule has 0 saturated carbocycles. The van der Waals surface area contributed by atoms with Gasteiger partial charge in [0.15, 0.2) is 0 Å². The number of aliphatic hydroxyl groups is 1. The van der Waals surface area contributed by atoms with E-state index in [-0.39, 0.29) is 31.2 Å². The molecule has 27 heavy (non-hydrogen) atoms. The fourth-order valence-electron chi connectivity index (χ4n) is 3.21. The molecule has 0 aliphatic carbocycles. The van der Waals surface area contributed by atoms with E-state index in [1.807, 2.05) is 19.1 Å². The lowest BCUT2D eigenvalue weighted by Crippen LogP contribution is -2.46. The number of carbonyl (C=O) groups is 2. The lowest BCUT2D eigenvalue weighted by molar-refractivity contribution is -0.138. The quantitative estimate of drug-likeness (QED) is 0.809. The van der Waals surface area contributed by atoms with Gasteiger partial charge in [-0.2, -0.15) is 0 Å². The summed E-state index contributed by atoms with van der Waals surface area (Å²) in [6.07, 6.45) is -0.501. The van der Waals surface area contributed by atoms with Gasteiger partial charge < -0.3 is 19.8 Å². The number of rotatable bonds is 5. The van der Waals surface area contributed by atoms with Gasteiger partial charge in [0.1, 0.15) is 11.8 Å². The molecule has 1 aliphatic heterocycles. The van der Waals surface area contributed by atoms with Crippen LogP contribution in [-0.2, 0) is 22.6 Å². The van der Waals surface area contributed by atoms with Crippen molar-refractivity contribution in [3.05, 3.63) is 51.9 Å². The first-order chi connectivity index (χ1) is 12.8. The Morgan fingerprint density at radius 1 is 1.37 bits per heavy atom. The molecule has 0 bridgehead atoms. The molecule has 8 heteroatoms. The van der Waals surface area contributed by atoms with E-state index in [1.165, 1.54) is 4.90 Å². The van der Waals surface area contributed by atoms with Crippen LogP contribution >= 0.6 is 11.6 Å². The summed E-state index contributed by atoms with van der Waals surface area (Å²) in [5.41, 5.74) is 2.53. The number of benzene rings is 1. The third kappa shape index (κ3) is 4.67. The molecule has 2 unspecified atom stereocenters. The van der Waals surface area contributed by atoms with Crippen molar-refractivity contribution in [2.75, 3.05) is 6.54 Å². The fourth-order valence-corrected chi connectivity index (χ4v) is 3.33. The summed E-state index contributed by atoms with van der Waals surface area (Å²) in [5.74, 6) is -0.124. The van der Waals surface area contributed by atoms with Crippen molar-refractivity contribution in [3.63, 3.8) is 0 Å². The number of nitrogens with one attached hydrogen (secondary N) is 1. The maximum absolute atomic E-state index is 12.6. The van der Waals surface area contributed by atoms with Gasteiger partial charge in [-0.3, -0.25) is 9.59 Å². The van der Waals surface area contributed by atoms with E-state index in [4.69, 9.17) is 16.1 Å². The van der Waals surface area contributed by atoms with Crippen LogP contribution in [0.5, 0.6) is 0 Å². The highest BCUT2D eigenvalue weighted by Crippen LogP contribution is 2.21. The zero-order valence-corrected chi connectivity index (χ0v) is 16.0. The number of carbonyl (C=O) groups excluding carboxylic acids is 2. The van der Waals surface area contributed by atoms with Crippen molar-refractivity contribution in [3.8, 4) is 0 Å². The first kappa shape index (κ1) is 19.4. The second-order valence-corrected chi connectivity index (χ2v) is 7.27. The number of hydrogen-bond donors (Lipinski definition) is 2. The van der Waals surface area contributed by atoms with Gasteiger partial charge in [0.2, 0.25) is 11.8 Å². The predicted molar refractivity (Wildman–Crippen MR) is 99.1 cm³/mol. The van der Waals surface area contributed by atoms with Crippen LogP contribution in [-0.4, -0.2) is 45.7 Å². The SMILES string of the molecule is Cc1cc(CC(=O)N2CC(O)CC2C(=O)NCc2ccc(Cl)c(C)c2)on1. The maximum atomic E-state index is 12.6. The number of β-amino-alcohol motifs (C(OH)–C–C–N with tert-alkyl or cyclic N) is 1. The zero-order valence-electron chi connectivity index (χ0n) is 15.2. The van der Waals surface area contributed by atoms with E-state index in [2.05, 4.69) is 10.5 Å². The lowest BCUT2D eigenvalue weighted by atomic mass is 10.1. The topological polar surface area (TPSA) is 95.7 Å². The van der Waals surface area contributed by atoms with Gasteiger partial charge in [-0.1, -0.05) is 28.9 Å². The Bertz CT molecular complexity index is 851. The molecule has 7 nitrogen and oxygen atoms in total. The van der Waals surface area contributed by atoms with Gasteiger partial charge >= 0.3 is 0 Å². The molecule has 1 saturated heterocycles. The number of aryl methyl sites for hydroxylation is 2. The van der Waals surface area contributed by atoms with Gasteiger partial charge in [-0.25, -0.2) is 0 Å². The van der Waals surface area contributed by atoms with Crippen molar-refractivity contribution in [2.45, 2.75) is 45.4 Å². The molecule has 1 aliphatic rings. The molecule has 1 aromatic carbocycles. The molecule has 1 aromatic heterocycles. The minimum absolute atomic E-state index is 0.00766. The van der Waals surface area contributed by atoms with Gasteiger partial charge in [0.05, 0.1) is 18.2 Å². The highest BCUT2D eigenvalue weighted by molar-refractivity contribution is 6.31. The largest absolute Gasteiger partial charge is 0.391 e. The first-order valence-corrected chi connectivity index (χ1v) is 9.13. The Hall–Kier alpha value is -2.38. The first-order valence-electron chi connectivity index (χ1n) is 8.76. The van der Waals surface area contributed by atoms with Crippen molar-refractivity contribution < 1.29 is 19.2 Å². The summed E-state index contributed by atoms with van der Waals surface area (Å²) in [7, 11) is 0. The van der Waals surface area contributed by atoms with E-state index in [9.17, 15) is 14.7 Å². The Kier molecular flexibility index (Phi) is 5.82. The number of halogens is 1. The second-order valence-electron chi connectivity index (χ2n) is 6.86. The van der Waals surface area contributed by atoms with Crippen LogP contribution < -0.4 is 5.32 Å². The molecule has 2 aromatic rings. The third-order valence-electron chi connectivity index (χ3n) is 4.59. The number of likely N-dealkylation sites (tertiary alicyclic amines) is 1. The van der Waals surface area contributed by atoms with Crippen molar-refractivity contribution in [1.82, 2.24) is 15.4 Å². The van der Waals surface area contributed by atoms with Crippen LogP contribution in [0.1, 0.15) is 29.0 Å². The molecule has 1 fully saturated rings. The number of amides is 2. The third-order valence-corrected chi connectivity index (χ3v) is 5.02. The van der Waals surface area contributed by atoms with Gasteiger partial charge in [-0.15, -0.1) is 0 Å². The van der Waals surface area contributed by atoms with Crippen LogP contribution in [0.2, 0.25) is 5.02 Å². The van der Waals surface area contributed by atoms with Crippen LogP contribution in [0.15, 0.2) is 28.8 Å². The maximum Gasteiger partial charge on any atom is 0.243 e.